The van der Waals surface area contributed by atoms with E-state index in [0.29, 0.717) is 0 Å². The zero-order valence-electron chi connectivity index (χ0n) is 13.4. The Bertz CT molecular complexity index is 789. The third-order valence-electron chi connectivity index (χ3n) is 4.99. The van der Waals surface area contributed by atoms with Gasteiger partial charge in [0.2, 0.25) is 5.82 Å². The standard InChI is InChI=1S/C16H20N6O2/c23-14-8-10-2-1-3-13(10)21-22(14)12-6-4-11(5-7-12)19-16(24)15-17-9-18-20-15/h8-9,11-12H,1-7H2,(H,19,24)(H,17,18,20). The van der Waals surface area contributed by atoms with Gasteiger partial charge in [0, 0.05) is 12.1 Å². The Balaban J connectivity index is 1.40. The third kappa shape index (κ3) is 2.83. The quantitative estimate of drug-likeness (QED) is 0.865. The molecule has 126 valence electrons. The van der Waals surface area contributed by atoms with Crippen LogP contribution in [-0.2, 0) is 12.8 Å². The van der Waals surface area contributed by atoms with Crippen LogP contribution in [-0.4, -0.2) is 36.9 Å². The van der Waals surface area contributed by atoms with Crippen LogP contribution in [0.15, 0.2) is 17.2 Å². The van der Waals surface area contributed by atoms with E-state index in [1.807, 2.05) is 0 Å². The van der Waals surface area contributed by atoms with Crippen LogP contribution in [0.5, 0.6) is 0 Å². The molecular formula is C16H20N6O2. The molecule has 0 unspecified atom stereocenters. The van der Waals surface area contributed by atoms with E-state index in [1.54, 1.807) is 10.7 Å². The largest absolute Gasteiger partial charge is 0.347 e. The Hall–Kier alpha value is -2.51. The molecular weight excluding hydrogens is 308 g/mol. The lowest BCUT2D eigenvalue weighted by molar-refractivity contribution is 0.0911. The number of aryl methyl sites for hydroxylation is 2. The Kier molecular flexibility index (Phi) is 3.87. The minimum absolute atomic E-state index is 0.00444. The van der Waals surface area contributed by atoms with Gasteiger partial charge in [-0.1, -0.05) is 0 Å². The van der Waals surface area contributed by atoms with Crippen LogP contribution >= 0.6 is 0 Å². The Labute approximate surface area is 138 Å². The summed E-state index contributed by atoms with van der Waals surface area (Å²) >= 11 is 0. The third-order valence-corrected chi connectivity index (χ3v) is 4.99. The normalized spacial score (nSPS) is 23.0. The number of rotatable bonds is 3. The lowest BCUT2D eigenvalue weighted by Gasteiger charge is -2.29. The van der Waals surface area contributed by atoms with Crippen molar-refractivity contribution in [3.8, 4) is 0 Å². The van der Waals surface area contributed by atoms with E-state index in [2.05, 4.69) is 25.6 Å². The maximum Gasteiger partial charge on any atom is 0.288 e. The minimum atomic E-state index is -0.233. The van der Waals surface area contributed by atoms with Gasteiger partial charge in [-0.3, -0.25) is 14.7 Å². The van der Waals surface area contributed by atoms with Crippen LogP contribution in [0.4, 0.5) is 0 Å². The summed E-state index contributed by atoms with van der Waals surface area (Å²) in [5.74, 6) is -0.00240. The van der Waals surface area contributed by atoms with E-state index in [0.717, 1.165) is 56.2 Å². The molecule has 0 bridgehead atoms. The zero-order valence-corrected chi connectivity index (χ0v) is 13.4. The molecule has 1 saturated carbocycles. The number of carbonyl (C=O) groups is 1. The van der Waals surface area contributed by atoms with Crippen molar-refractivity contribution in [2.24, 2.45) is 0 Å². The molecule has 2 N–H and O–H groups in total. The highest BCUT2D eigenvalue weighted by Crippen LogP contribution is 2.28. The second kappa shape index (κ2) is 6.18. The summed E-state index contributed by atoms with van der Waals surface area (Å²) in [5, 5.41) is 13.8. The summed E-state index contributed by atoms with van der Waals surface area (Å²) in [6.07, 6.45) is 7.69. The molecule has 2 aromatic rings. The van der Waals surface area contributed by atoms with Crippen molar-refractivity contribution < 1.29 is 4.79 Å². The molecule has 8 heteroatoms. The van der Waals surface area contributed by atoms with Gasteiger partial charge in [0.25, 0.3) is 11.5 Å². The molecule has 8 nitrogen and oxygen atoms in total. The van der Waals surface area contributed by atoms with Crippen LogP contribution in [0.25, 0.3) is 0 Å². The summed E-state index contributed by atoms with van der Waals surface area (Å²) in [5.41, 5.74) is 2.20. The van der Waals surface area contributed by atoms with Crippen LogP contribution < -0.4 is 10.9 Å². The summed E-state index contributed by atoms with van der Waals surface area (Å²) in [6, 6.07) is 1.98. The molecule has 2 aliphatic rings. The molecule has 1 amide bonds. The first-order valence-corrected chi connectivity index (χ1v) is 8.48. The highest BCUT2D eigenvalue weighted by atomic mass is 16.2. The van der Waals surface area contributed by atoms with Gasteiger partial charge in [0.05, 0.1) is 11.7 Å². The minimum Gasteiger partial charge on any atom is -0.347 e. The highest BCUT2D eigenvalue weighted by Gasteiger charge is 2.26. The smallest absolute Gasteiger partial charge is 0.288 e. The molecule has 1 fully saturated rings. The zero-order chi connectivity index (χ0) is 16.5. The summed E-state index contributed by atoms with van der Waals surface area (Å²) in [4.78, 5) is 28.2. The predicted molar refractivity (Wildman–Crippen MR) is 85.7 cm³/mol. The lowest BCUT2D eigenvalue weighted by Crippen LogP contribution is -2.40. The van der Waals surface area contributed by atoms with Crippen molar-refractivity contribution in [2.45, 2.75) is 57.0 Å². The van der Waals surface area contributed by atoms with Crippen molar-refractivity contribution in [3.05, 3.63) is 39.8 Å². The Morgan fingerprint density at radius 2 is 2.08 bits per heavy atom. The fourth-order valence-electron chi connectivity index (χ4n) is 3.71. The van der Waals surface area contributed by atoms with Crippen molar-refractivity contribution in [1.29, 1.82) is 0 Å². The highest BCUT2D eigenvalue weighted by molar-refractivity contribution is 5.90. The molecule has 2 heterocycles. The molecule has 24 heavy (non-hydrogen) atoms. The SMILES string of the molecule is O=C(NC1CCC(n2nc3c(cc2=O)CCC3)CC1)c1ncn[nH]1. The van der Waals surface area contributed by atoms with Crippen molar-refractivity contribution >= 4 is 5.91 Å². The molecule has 0 saturated heterocycles. The van der Waals surface area contributed by atoms with Crippen LogP contribution in [0.1, 0.15) is 60.0 Å². The van der Waals surface area contributed by atoms with Gasteiger partial charge in [-0.05, 0) is 50.5 Å². The first-order chi connectivity index (χ1) is 11.7. The molecule has 2 aliphatic carbocycles. The molecule has 0 aromatic carbocycles. The van der Waals surface area contributed by atoms with E-state index < -0.39 is 0 Å². The number of hydrogen-bond donors (Lipinski definition) is 2. The van der Waals surface area contributed by atoms with Gasteiger partial charge in [-0.25, -0.2) is 9.67 Å². The Morgan fingerprint density at radius 1 is 1.25 bits per heavy atom. The number of nitrogens with zero attached hydrogens (tertiary/aromatic N) is 4. The topological polar surface area (TPSA) is 106 Å². The average molecular weight is 328 g/mol. The van der Waals surface area contributed by atoms with Crippen molar-refractivity contribution in [1.82, 2.24) is 30.3 Å². The number of fused-ring (bicyclic) bond motifs is 1. The summed E-state index contributed by atoms with van der Waals surface area (Å²) in [7, 11) is 0. The molecule has 0 atom stereocenters. The average Bonchev–Trinajstić information content (AvgIpc) is 3.26. The number of amides is 1. The number of nitrogens with one attached hydrogen (secondary N) is 2. The second-order valence-corrected chi connectivity index (χ2v) is 6.57. The van der Waals surface area contributed by atoms with Crippen LogP contribution in [0.3, 0.4) is 0 Å². The van der Waals surface area contributed by atoms with Gasteiger partial charge < -0.3 is 5.32 Å². The predicted octanol–water partition coefficient (Wildman–Crippen LogP) is 0.764. The Morgan fingerprint density at radius 3 is 2.83 bits per heavy atom. The van der Waals surface area contributed by atoms with Crippen LogP contribution in [0.2, 0.25) is 0 Å². The van der Waals surface area contributed by atoms with E-state index in [-0.39, 0.29) is 29.4 Å². The maximum absolute atomic E-state index is 12.3. The fraction of sp³-hybridized carbons (Fsp3) is 0.562. The van der Waals surface area contributed by atoms with Crippen molar-refractivity contribution in [2.75, 3.05) is 0 Å². The molecule has 4 rings (SSSR count). The molecule has 0 radical (unpaired) electrons. The molecule has 2 aromatic heterocycles. The number of aromatic amines is 1. The number of aromatic nitrogens is 5. The van der Waals surface area contributed by atoms with E-state index in [9.17, 15) is 9.59 Å². The fourth-order valence-corrected chi connectivity index (χ4v) is 3.71. The second-order valence-electron chi connectivity index (χ2n) is 6.57. The van der Waals surface area contributed by atoms with E-state index in [1.165, 1.54) is 6.33 Å². The maximum atomic E-state index is 12.3. The molecule has 0 spiro atoms. The number of hydrogen-bond acceptors (Lipinski definition) is 5. The number of H-pyrrole nitrogens is 1. The van der Waals surface area contributed by atoms with E-state index >= 15 is 0 Å². The lowest BCUT2D eigenvalue weighted by atomic mass is 9.91. The molecule has 0 aliphatic heterocycles. The first kappa shape index (κ1) is 15.0. The number of carbonyl (C=O) groups excluding carboxylic acids is 1. The first-order valence-electron chi connectivity index (χ1n) is 8.48. The van der Waals surface area contributed by atoms with Crippen LogP contribution in [0, 0.1) is 0 Å². The van der Waals surface area contributed by atoms with Gasteiger partial charge >= 0.3 is 0 Å². The summed E-state index contributed by atoms with van der Waals surface area (Å²) in [6.45, 7) is 0. The van der Waals surface area contributed by atoms with Gasteiger partial charge in [-0.2, -0.15) is 10.2 Å². The van der Waals surface area contributed by atoms with Gasteiger partial charge in [0.15, 0.2) is 0 Å². The summed E-state index contributed by atoms with van der Waals surface area (Å²) < 4.78 is 1.67. The van der Waals surface area contributed by atoms with E-state index in [4.69, 9.17) is 0 Å². The van der Waals surface area contributed by atoms with Gasteiger partial charge in [0.1, 0.15) is 6.33 Å². The monoisotopic (exact) mass is 328 g/mol. The van der Waals surface area contributed by atoms with Crippen molar-refractivity contribution in [3.63, 3.8) is 0 Å². The van der Waals surface area contributed by atoms with Gasteiger partial charge in [-0.15, -0.1) is 0 Å².